The topological polar surface area (TPSA) is 33.1 Å². The molecule has 1 aromatic heterocycles. The third-order valence-corrected chi connectivity index (χ3v) is 4.69. The van der Waals surface area contributed by atoms with E-state index in [1.54, 1.807) is 11.3 Å². The van der Waals surface area contributed by atoms with E-state index in [1.165, 1.54) is 29.5 Å². The fourth-order valence-corrected chi connectivity index (χ4v) is 3.71. The van der Waals surface area contributed by atoms with Crippen molar-refractivity contribution >= 4 is 21.6 Å². The van der Waals surface area contributed by atoms with Gasteiger partial charge in [0.1, 0.15) is 0 Å². The van der Waals surface area contributed by atoms with Crippen LogP contribution >= 0.6 is 11.3 Å². The Labute approximate surface area is 117 Å². The maximum Gasteiger partial charge on any atom is 0.0964 e. The molecule has 1 aliphatic carbocycles. The largest absolute Gasteiger partial charge is 0.392 e. The standard InChI is InChI=1S/C16H19NOS/c18-13(10-12-6-2-1-3-7-12)11-16-17-14-8-4-5-9-15(14)19-16/h4-6,8-9,13,18H,1-3,7,10-11H2. The Morgan fingerprint density at radius 1 is 1.21 bits per heavy atom. The molecule has 2 nitrogen and oxygen atoms in total. The fraction of sp³-hybridized carbons (Fsp3) is 0.438. The second-order valence-corrected chi connectivity index (χ2v) is 6.36. The highest BCUT2D eigenvalue weighted by molar-refractivity contribution is 7.18. The third kappa shape index (κ3) is 3.23. The number of allylic oxidation sites excluding steroid dienone is 1. The molecule has 19 heavy (non-hydrogen) atoms. The molecule has 1 aromatic carbocycles. The molecule has 100 valence electrons. The van der Waals surface area contributed by atoms with Crippen LogP contribution in [0.2, 0.25) is 0 Å². The summed E-state index contributed by atoms with van der Waals surface area (Å²) in [6, 6.07) is 8.17. The average molecular weight is 273 g/mol. The first-order valence-corrected chi connectivity index (χ1v) is 7.83. The highest BCUT2D eigenvalue weighted by Gasteiger charge is 2.13. The van der Waals surface area contributed by atoms with Crippen LogP contribution in [0.15, 0.2) is 35.9 Å². The van der Waals surface area contributed by atoms with Gasteiger partial charge in [0.15, 0.2) is 0 Å². The van der Waals surface area contributed by atoms with E-state index in [2.05, 4.69) is 17.1 Å². The second-order valence-electron chi connectivity index (χ2n) is 5.25. The van der Waals surface area contributed by atoms with Crippen molar-refractivity contribution in [2.75, 3.05) is 0 Å². The molecule has 1 aliphatic rings. The van der Waals surface area contributed by atoms with Crippen LogP contribution in [-0.2, 0) is 6.42 Å². The molecule has 0 fully saturated rings. The Morgan fingerprint density at radius 2 is 2.11 bits per heavy atom. The van der Waals surface area contributed by atoms with E-state index < -0.39 is 0 Å². The number of benzene rings is 1. The van der Waals surface area contributed by atoms with Crippen LogP contribution in [0.1, 0.15) is 37.1 Å². The van der Waals surface area contributed by atoms with E-state index >= 15 is 0 Å². The van der Waals surface area contributed by atoms with Gasteiger partial charge in [0, 0.05) is 6.42 Å². The van der Waals surface area contributed by atoms with Gasteiger partial charge in [-0.1, -0.05) is 23.8 Å². The van der Waals surface area contributed by atoms with Crippen molar-refractivity contribution in [3.05, 3.63) is 40.9 Å². The number of thiazole rings is 1. The number of hydrogen-bond acceptors (Lipinski definition) is 3. The summed E-state index contributed by atoms with van der Waals surface area (Å²) < 4.78 is 1.21. The monoisotopic (exact) mass is 273 g/mol. The van der Waals surface area contributed by atoms with E-state index in [-0.39, 0.29) is 6.10 Å². The predicted molar refractivity (Wildman–Crippen MR) is 80.5 cm³/mol. The zero-order chi connectivity index (χ0) is 13.1. The lowest BCUT2D eigenvalue weighted by Gasteiger charge is -2.15. The first kappa shape index (κ1) is 12.8. The van der Waals surface area contributed by atoms with Crippen LogP contribution < -0.4 is 0 Å². The Morgan fingerprint density at radius 3 is 2.89 bits per heavy atom. The molecule has 1 heterocycles. The minimum absolute atomic E-state index is 0.287. The highest BCUT2D eigenvalue weighted by atomic mass is 32.1. The molecule has 0 saturated heterocycles. The average Bonchev–Trinajstić information content (AvgIpc) is 2.81. The number of rotatable bonds is 4. The molecular formula is C16H19NOS. The van der Waals surface area contributed by atoms with E-state index in [0.717, 1.165) is 23.4 Å². The van der Waals surface area contributed by atoms with Gasteiger partial charge in [0.25, 0.3) is 0 Å². The van der Waals surface area contributed by atoms with Crippen LogP contribution in [-0.4, -0.2) is 16.2 Å². The van der Waals surface area contributed by atoms with Crippen LogP contribution in [0.25, 0.3) is 10.2 Å². The molecule has 0 amide bonds. The number of nitrogens with zero attached hydrogens (tertiary/aromatic N) is 1. The molecule has 3 heteroatoms. The summed E-state index contributed by atoms with van der Waals surface area (Å²) in [7, 11) is 0. The molecular weight excluding hydrogens is 254 g/mol. The maximum absolute atomic E-state index is 10.2. The second kappa shape index (κ2) is 5.85. The van der Waals surface area contributed by atoms with Gasteiger partial charge in [0.05, 0.1) is 21.3 Å². The lowest BCUT2D eigenvalue weighted by Crippen LogP contribution is -2.12. The van der Waals surface area contributed by atoms with Crippen molar-refractivity contribution in [3.8, 4) is 0 Å². The van der Waals surface area contributed by atoms with E-state index in [4.69, 9.17) is 0 Å². The molecule has 0 radical (unpaired) electrons. The highest BCUT2D eigenvalue weighted by Crippen LogP contribution is 2.25. The Balaban J connectivity index is 1.65. The van der Waals surface area contributed by atoms with Gasteiger partial charge in [-0.2, -0.15) is 0 Å². The van der Waals surface area contributed by atoms with Gasteiger partial charge in [-0.05, 0) is 44.2 Å². The maximum atomic E-state index is 10.2. The van der Waals surface area contributed by atoms with Gasteiger partial charge in [-0.25, -0.2) is 4.98 Å². The molecule has 0 aliphatic heterocycles. The van der Waals surface area contributed by atoms with Crippen molar-refractivity contribution in [2.24, 2.45) is 0 Å². The fourth-order valence-electron chi connectivity index (χ4n) is 2.67. The summed E-state index contributed by atoms with van der Waals surface area (Å²) >= 11 is 1.70. The Hall–Kier alpha value is -1.19. The van der Waals surface area contributed by atoms with Gasteiger partial charge in [-0.3, -0.25) is 0 Å². The van der Waals surface area contributed by atoms with Gasteiger partial charge < -0.3 is 5.11 Å². The quantitative estimate of drug-likeness (QED) is 0.851. The van der Waals surface area contributed by atoms with E-state index in [0.29, 0.717) is 6.42 Å². The number of hydrogen-bond donors (Lipinski definition) is 1. The molecule has 3 rings (SSSR count). The smallest absolute Gasteiger partial charge is 0.0964 e. The zero-order valence-electron chi connectivity index (χ0n) is 11.0. The molecule has 1 atom stereocenters. The predicted octanol–water partition coefficient (Wildman–Crippen LogP) is 4.09. The Kier molecular flexibility index (Phi) is 3.95. The lowest BCUT2D eigenvalue weighted by atomic mass is 9.94. The number of aliphatic hydroxyl groups is 1. The van der Waals surface area contributed by atoms with Crippen LogP contribution in [0, 0.1) is 0 Å². The summed E-state index contributed by atoms with van der Waals surface area (Å²) in [5.74, 6) is 0. The summed E-state index contributed by atoms with van der Waals surface area (Å²) in [6.07, 6.45) is 8.44. The van der Waals surface area contributed by atoms with Crippen molar-refractivity contribution in [1.29, 1.82) is 0 Å². The normalized spacial score (nSPS) is 17.4. The number of para-hydroxylation sites is 1. The Bertz CT molecular complexity index is 554. The lowest BCUT2D eigenvalue weighted by molar-refractivity contribution is 0.173. The summed E-state index contributed by atoms with van der Waals surface area (Å²) in [6.45, 7) is 0. The van der Waals surface area contributed by atoms with Crippen LogP contribution in [0.3, 0.4) is 0 Å². The minimum atomic E-state index is -0.287. The number of aliphatic hydroxyl groups excluding tert-OH is 1. The van der Waals surface area contributed by atoms with E-state index in [1.807, 2.05) is 18.2 Å². The van der Waals surface area contributed by atoms with E-state index in [9.17, 15) is 5.11 Å². The molecule has 0 saturated carbocycles. The van der Waals surface area contributed by atoms with Crippen molar-refractivity contribution in [2.45, 2.75) is 44.6 Å². The molecule has 0 spiro atoms. The minimum Gasteiger partial charge on any atom is -0.392 e. The first-order chi connectivity index (χ1) is 9.31. The third-order valence-electron chi connectivity index (χ3n) is 3.63. The summed E-state index contributed by atoms with van der Waals surface area (Å²) in [5, 5.41) is 11.3. The van der Waals surface area contributed by atoms with Gasteiger partial charge >= 0.3 is 0 Å². The first-order valence-electron chi connectivity index (χ1n) is 7.02. The number of fused-ring (bicyclic) bond motifs is 1. The molecule has 2 aromatic rings. The molecule has 1 N–H and O–H groups in total. The number of aromatic nitrogens is 1. The van der Waals surface area contributed by atoms with Crippen molar-refractivity contribution in [3.63, 3.8) is 0 Å². The molecule has 0 bridgehead atoms. The van der Waals surface area contributed by atoms with Gasteiger partial charge in [0.2, 0.25) is 0 Å². The summed E-state index contributed by atoms with van der Waals surface area (Å²) in [4.78, 5) is 4.58. The van der Waals surface area contributed by atoms with Crippen LogP contribution in [0.4, 0.5) is 0 Å². The molecule has 1 unspecified atom stereocenters. The van der Waals surface area contributed by atoms with Crippen LogP contribution in [0.5, 0.6) is 0 Å². The van der Waals surface area contributed by atoms with Crippen molar-refractivity contribution in [1.82, 2.24) is 4.98 Å². The SMILES string of the molecule is OC(CC1=CCCCC1)Cc1nc2ccccc2s1. The van der Waals surface area contributed by atoms with Crippen molar-refractivity contribution < 1.29 is 5.11 Å². The zero-order valence-corrected chi connectivity index (χ0v) is 11.8. The van der Waals surface area contributed by atoms with Gasteiger partial charge in [-0.15, -0.1) is 11.3 Å². The summed E-state index contributed by atoms with van der Waals surface area (Å²) in [5.41, 5.74) is 2.48.